The number of halogens is 1. The number of rotatable bonds is 7. The van der Waals surface area contributed by atoms with Crippen LogP contribution in [-0.2, 0) is 9.53 Å². The number of hydrogen-bond acceptors (Lipinski definition) is 3. The van der Waals surface area contributed by atoms with E-state index in [0.717, 1.165) is 51.9 Å². The summed E-state index contributed by atoms with van der Waals surface area (Å²) in [6.45, 7) is 4.32. The summed E-state index contributed by atoms with van der Waals surface area (Å²) in [7, 11) is 0. The molecule has 0 bridgehead atoms. The van der Waals surface area contributed by atoms with Crippen LogP contribution in [0, 0.1) is 5.92 Å². The molecule has 0 spiro atoms. The lowest BCUT2D eigenvalue weighted by atomic mass is 10.1. The third-order valence-corrected chi connectivity index (χ3v) is 3.06. The van der Waals surface area contributed by atoms with Crippen LogP contribution in [0.4, 0.5) is 0 Å². The average molecular weight is 265 g/mol. The van der Waals surface area contributed by atoms with Gasteiger partial charge in [0.25, 0.3) is 0 Å². The Morgan fingerprint density at radius 2 is 2.18 bits per heavy atom. The number of unbranched alkanes of at least 4 members (excludes halogenated alkanes) is 1. The van der Waals surface area contributed by atoms with Crippen molar-refractivity contribution in [1.29, 1.82) is 0 Å². The van der Waals surface area contributed by atoms with E-state index in [0.29, 0.717) is 0 Å². The van der Waals surface area contributed by atoms with E-state index in [2.05, 4.69) is 5.32 Å². The molecular formula is C12H25ClN2O2. The van der Waals surface area contributed by atoms with Gasteiger partial charge in [0.2, 0.25) is 5.91 Å². The highest BCUT2D eigenvalue weighted by molar-refractivity contribution is 5.85. The van der Waals surface area contributed by atoms with Crippen LogP contribution >= 0.6 is 12.4 Å². The van der Waals surface area contributed by atoms with E-state index in [1.54, 1.807) is 0 Å². The Hall–Kier alpha value is -0.320. The maximum absolute atomic E-state index is 11.7. The maximum atomic E-state index is 11.7. The molecule has 1 fully saturated rings. The number of hydrogen-bond donors (Lipinski definition) is 2. The smallest absolute Gasteiger partial charge is 0.223 e. The molecule has 0 aromatic rings. The van der Waals surface area contributed by atoms with Gasteiger partial charge in [-0.3, -0.25) is 4.79 Å². The predicted octanol–water partition coefficient (Wildman–Crippen LogP) is 1.47. The standard InChI is InChI=1S/C12H24N2O2.ClH/c1-2-16-8-4-3-7-14-12(15)10-5-6-11(13)9-10;/h10-11H,2-9,13H2,1H3,(H,14,15);1H. The molecule has 17 heavy (non-hydrogen) atoms. The van der Waals surface area contributed by atoms with Crippen LogP contribution in [0.2, 0.25) is 0 Å². The number of nitrogens with two attached hydrogens (primary N) is 1. The molecule has 0 saturated heterocycles. The summed E-state index contributed by atoms with van der Waals surface area (Å²) in [5, 5.41) is 2.97. The fraction of sp³-hybridized carbons (Fsp3) is 0.917. The first-order valence-electron chi connectivity index (χ1n) is 6.35. The van der Waals surface area contributed by atoms with Crippen LogP contribution in [0.5, 0.6) is 0 Å². The van der Waals surface area contributed by atoms with E-state index in [1.165, 1.54) is 0 Å². The van der Waals surface area contributed by atoms with Crippen molar-refractivity contribution >= 4 is 18.3 Å². The Morgan fingerprint density at radius 3 is 2.76 bits per heavy atom. The number of ether oxygens (including phenoxy) is 1. The second kappa shape index (κ2) is 9.68. The Morgan fingerprint density at radius 1 is 1.41 bits per heavy atom. The van der Waals surface area contributed by atoms with Gasteiger partial charge in [-0.05, 0) is 39.0 Å². The lowest BCUT2D eigenvalue weighted by Gasteiger charge is -2.10. The molecule has 1 saturated carbocycles. The van der Waals surface area contributed by atoms with Crippen molar-refractivity contribution in [1.82, 2.24) is 5.32 Å². The van der Waals surface area contributed by atoms with Crippen molar-refractivity contribution in [2.24, 2.45) is 11.7 Å². The summed E-state index contributed by atoms with van der Waals surface area (Å²) in [5.41, 5.74) is 5.78. The second-order valence-electron chi connectivity index (χ2n) is 4.47. The fourth-order valence-corrected chi connectivity index (χ4v) is 2.08. The Balaban J connectivity index is 0.00000256. The number of carbonyl (C=O) groups is 1. The van der Waals surface area contributed by atoms with Gasteiger partial charge in [-0.25, -0.2) is 0 Å². The minimum atomic E-state index is 0. The molecule has 1 rings (SSSR count). The molecule has 1 aliphatic rings. The summed E-state index contributed by atoms with van der Waals surface area (Å²) in [4.78, 5) is 11.7. The van der Waals surface area contributed by atoms with E-state index >= 15 is 0 Å². The highest BCUT2D eigenvalue weighted by Gasteiger charge is 2.27. The highest BCUT2D eigenvalue weighted by Crippen LogP contribution is 2.23. The zero-order valence-corrected chi connectivity index (χ0v) is 11.4. The van der Waals surface area contributed by atoms with Gasteiger partial charge < -0.3 is 15.8 Å². The molecule has 1 amide bonds. The molecular weight excluding hydrogens is 240 g/mol. The molecule has 0 aliphatic heterocycles. The molecule has 4 nitrogen and oxygen atoms in total. The first kappa shape index (κ1) is 16.7. The van der Waals surface area contributed by atoms with Gasteiger partial charge in [0.15, 0.2) is 0 Å². The predicted molar refractivity (Wildman–Crippen MR) is 71.3 cm³/mol. The monoisotopic (exact) mass is 264 g/mol. The van der Waals surface area contributed by atoms with E-state index in [4.69, 9.17) is 10.5 Å². The first-order valence-corrected chi connectivity index (χ1v) is 6.35. The summed E-state index contributed by atoms with van der Waals surface area (Å²) < 4.78 is 5.23. The number of nitrogens with one attached hydrogen (secondary N) is 1. The molecule has 0 radical (unpaired) electrons. The zero-order valence-electron chi connectivity index (χ0n) is 10.6. The van der Waals surface area contributed by atoms with Crippen molar-refractivity contribution in [2.75, 3.05) is 19.8 Å². The summed E-state index contributed by atoms with van der Waals surface area (Å²) in [5.74, 6) is 0.339. The third kappa shape index (κ3) is 6.86. The fourth-order valence-electron chi connectivity index (χ4n) is 2.08. The van der Waals surface area contributed by atoms with Crippen molar-refractivity contribution in [3.8, 4) is 0 Å². The van der Waals surface area contributed by atoms with E-state index in [1.807, 2.05) is 6.92 Å². The molecule has 5 heteroatoms. The SMILES string of the molecule is CCOCCCCNC(=O)C1CCC(N)C1.Cl. The summed E-state index contributed by atoms with van der Waals surface area (Å²) in [6.07, 6.45) is 4.79. The number of carbonyl (C=O) groups excluding carboxylic acids is 1. The summed E-state index contributed by atoms with van der Waals surface area (Å²) in [6, 6.07) is 0.230. The quantitative estimate of drug-likeness (QED) is 0.685. The molecule has 0 aromatic carbocycles. The minimum Gasteiger partial charge on any atom is -0.382 e. The van der Waals surface area contributed by atoms with Gasteiger partial charge in [-0.2, -0.15) is 0 Å². The number of amides is 1. The van der Waals surface area contributed by atoms with Crippen LogP contribution in [-0.4, -0.2) is 31.7 Å². The second-order valence-corrected chi connectivity index (χ2v) is 4.47. The Labute approximate surface area is 110 Å². The van der Waals surface area contributed by atoms with Crippen molar-refractivity contribution in [2.45, 2.75) is 45.1 Å². The topological polar surface area (TPSA) is 64.3 Å². The first-order chi connectivity index (χ1) is 7.74. The van der Waals surface area contributed by atoms with Crippen LogP contribution in [0.25, 0.3) is 0 Å². The molecule has 2 atom stereocenters. The van der Waals surface area contributed by atoms with Crippen molar-refractivity contribution < 1.29 is 9.53 Å². The lowest BCUT2D eigenvalue weighted by molar-refractivity contribution is -0.124. The molecule has 0 heterocycles. The van der Waals surface area contributed by atoms with Crippen molar-refractivity contribution in [3.63, 3.8) is 0 Å². The molecule has 0 aromatic heterocycles. The van der Waals surface area contributed by atoms with E-state index in [9.17, 15) is 4.79 Å². The van der Waals surface area contributed by atoms with Gasteiger partial charge in [-0.15, -0.1) is 12.4 Å². The third-order valence-electron chi connectivity index (χ3n) is 3.06. The Kier molecular flexibility index (Phi) is 9.50. The lowest BCUT2D eigenvalue weighted by Crippen LogP contribution is -2.31. The average Bonchev–Trinajstić information content (AvgIpc) is 2.70. The maximum Gasteiger partial charge on any atom is 0.223 e. The van der Waals surface area contributed by atoms with Crippen LogP contribution < -0.4 is 11.1 Å². The van der Waals surface area contributed by atoms with Gasteiger partial charge in [0.1, 0.15) is 0 Å². The largest absolute Gasteiger partial charge is 0.382 e. The van der Waals surface area contributed by atoms with Crippen LogP contribution in [0.1, 0.15) is 39.0 Å². The van der Waals surface area contributed by atoms with Gasteiger partial charge in [0, 0.05) is 31.7 Å². The van der Waals surface area contributed by atoms with E-state index in [-0.39, 0.29) is 30.3 Å². The van der Waals surface area contributed by atoms with Crippen LogP contribution in [0.15, 0.2) is 0 Å². The van der Waals surface area contributed by atoms with Gasteiger partial charge in [-0.1, -0.05) is 0 Å². The van der Waals surface area contributed by atoms with E-state index < -0.39 is 0 Å². The molecule has 2 unspecified atom stereocenters. The minimum absolute atomic E-state index is 0. The summed E-state index contributed by atoms with van der Waals surface area (Å²) >= 11 is 0. The highest BCUT2D eigenvalue weighted by atomic mass is 35.5. The molecule has 1 aliphatic carbocycles. The zero-order chi connectivity index (χ0) is 11.8. The normalized spacial score (nSPS) is 23.2. The molecule has 102 valence electrons. The van der Waals surface area contributed by atoms with Gasteiger partial charge in [0.05, 0.1) is 0 Å². The van der Waals surface area contributed by atoms with Gasteiger partial charge >= 0.3 is 0 Å². The molecule has 3 N–H and O–H groups in total. The van der Waals surface area contributed by atoms with Crippen LogP contribution in [0.3, 0.4) is 0 Å². The van der Waals surface area contributed by atoms with Crippen molar-refractivity contribution in [3.05, 3.63) is 0 Å². The Bertz CT molecular complexity index is 215.